The molecule has 6 nitrogen and oxygen atoms in total. The van der Waals surface area contributed by atoms with Gasteiger partial charge in [0, 0.05) is 14.9 Å². The second-order valence-corrected chi connectivity index (χ2v) is 14.1. The highest BCUT2D eigenvalue weighted by Crippen LogP contribution is 2.42. The lowest BCUT2D eigenvalue weighted by molar-refractivity contribution is -0.350. The second kappa shape index (κ2) is 14.9. The fraction of sp³-hybridized carbons (Fsp3) is 0.256. The zero-order valence-electron chi connectivity index (χ0n) is 25.6. The predicted octanol–water partition coefficient (Wildman–Crippen LogP) is 8.31. The monoisotopic (exact) mass is 755 g/mol. The van der Waals surface area contributed by atoms with E-state index in [2.05, 4.69) is 71.1 Å². The van der Waals surface area contributed by atoms with Gasteiger partial charge >= 0.3 is 0 Å². The molecular formula is C39H34INO5S. The molecule has 2 aliphatic rings. The van der Waals surface area contributed by atoms with E-state index in [0.717, 1.165) is 30.5 Å². The highest BCUT2D eigenvalue weighted by atomic mass is 127. The first-order chi connectivity index (χ1) is 23.1. The summed E-state index contributed by atoms with van der Waals surface area (Å²) in [4.78, 5) is 1.06. The van der Waals surface area contributed by atoms with Crippen LogP contribution in [0, 0.1) is 14.9 Å². The Hall–Kier alpha value is -3.27. The molecule has 2 heterocycles. The summed E-state index contributed by atoms with van der Waals surface area (Å²) in [7, 11) is 0. The van der Waals surface area contributed by atoms with Crippen molar-refractivity contribution in [3.63, 3.8) is 0 Å². The summed E-state index contributed by atoms with van der Waals surface area (Å²) in [5.41, 5.74) is 2.65. The summed E-state index contributed by atoms with van der Waals surface area (Å²) in [5, 5.41) is 12.8. The minimum Gasteiger partial charge on any atom is -0.368 e. The average molecular weight is 756 g/mol. The number of nitrogens with zero attached hydrogens (tertiary/aromatic N) is 1. The Morgan fingerprint density at radius 1 is 0.766 bits per heavy atom. The molecule has 0 spiro atoms. The van der Waals surface area contributed by atoms with E-state index < -0.39 is 35.6 Å². The van der Waals surface area contributed by atoms with Gasteiger partial charge in [0.15, 0.2) is 0 Å². The summed E-state index contributed by atoms with van der Waals surface area (Å²) < 4.78 is 34.3. The van der Waals surface area contributed by atoms with Crippen LogP contribution < -0.4 is 0 Å². The number of fused-ring (bicyclic) bond motifs is 2. The largest absolute Gasteiger partial charge is 0.368 e. The first kappa shape index (κ1) is 32.3. The number of hydrogen-bond acceptors (Lipinski definition) is 7. The Balaban J connectivity index is 1.22. The number of benzene rings is 5. The van der Waals surface area contributed by atoms with Gasteiger partial charge in [-0.1, -0.05) is 115 Å². The molecule has 5 aromatic carbocycles. The summed E-state index contributed by atoms with van der Waals surface area (Å²) >= 11 is 3.88. The lowest BCUT2D eigenvalue weighted by Gasteiger charge is -2.50. The Bertz CT molecular complexity index is 1840. The Labute approximate surface area is 293 Å². The second-order valence-electron chi connectivity index (χ2n) is 11.7. The molecule has 0 amide bonds. The van der Waals surface area contributed by atoms with Crippen molar-refractivity contribution in [3.05, 3.63) is 148 Å². The van der Waals surface area contributed by atoms with Crippen LogP contribution >= 0.6 is 34.4 Å². The maximum Gasteiger partial charge on any atom is 0.264 e. The predicted molar refractivity (Wildman–Crippen MR) is 191 cm³/mol. The third-order valence-corrected chi connectivity index (χ3v) is 10.7. The molecule has 0 aromatic heterocycles. The Kier molecular flexibility index (Phi) is 10.2. The Morgan fingerprint density at radius 2 is 1.45 bits per heavy atom. The van der Waals surface area contributed by atoms with Gasteiger partial charge in [0.05, 0.1) is 19.8 Å². The van der Waals surface area contributed by atoms with E-state index >= 15 is 0 Å². The third-order valence-electron chi connectivity index (χ3n) is 8.49. The molecule has 5 aromatic rings. The Morgan fingerprint density at radius 3 is 2.23 bits per heavy atom. The molecule has 0 unspecified atom stereocenters. The maximum atomic E-state index is 10.5. The van der Waals surface area contributed by atoms with Crippen LogP contribution in [0.2, 0.25) is 0 Å². The van der Waals surface area contributed by atoms with E-state index in [-0.39, 0.29) is 13.0 Å². The third kappa shape index (κ3) is 7.58. The van der Waals surface area contributed by atoms with E-state index in [1.807, 2.05) is 84.9 Å². The van der Waals surface area contributed by atoms with Gasteiger partial charge in [0.1, 0.15) is 35.9 Å². The molecule has 0 N–H and O–H groups in total. The normalized spacial score (nSPS) is 25.6. The quantitative estimate of drug-likeness (QED) is 0.133. The zero-order chi connectivity index (χ0) is 32.1. The molecule has 0 radical (unpaired) electrons. The van der Waals surface area contributed by atoms with Crippen LogP contribution in [-0.4, -0.2) is 42.2 Å². The molecule has 2 fully saturated rings. The summed E-state index contributed by atoms with van der Waals surface area (Å²) in [6, 6.07) is 45.2. The molecule has 0 aliphatic carbocycles. The summed E-state index contributed by atoms with van der Waals surface area (Å²) in [6.45, 7) is 0.901. The van der Waals surface area contributed by atoms with Crippen molar-refractivity contribution in [1.82, 2.24) is 0 Å². The van der Waals surface area contributed by atoms with E-state index in [9.17, 15) is 5.26 Å². The molecule has 238 valence electrons. The van der Waals surface area contributed by atoms with Gasteiger partial charge in [-0.15, -0.1) is 0 Å². The maximum absolute atomic E-state index is 10.5. The fourth-order valence-corrected chi connectivity index (χ4v) is 7.82. The number of thioether (sulfide) groups is 1. The standard InChI is InChI=1S/C39H34INO5S/c40-33-18-10-9-15-31(33)22-39(26-41)44-25-34-35(46-39)36(42-24-28-19-20-29-13-7-8-14-30(29)21-28)37(43-23-27-11-3-1-4-12-27)38(45-34)47-32-16-5-2-6-17-32/h1-21,34-38H,22-25H2/t34-,35-,36+,37+,38-,39+/m1/s1. The summed E-state index contributed by atoms with van der Waals surface area (Å²) in [6.07, 6.45) is -1.88. The number of hydrogen-bond donors (Lipinski definition) is 0. The van der Waals surface area contributed by atoms with Crippen LogP contribution in [-0.2, 0) is 43.3 Å². The SMILES string of the molecule is N#C[C@@]1(Cc2ccccc2I)OC[C@H]2O[C@H](Sc3ccccc3)[C@@H](OCc3ccccc3)[C@@H](OCc3ccc4ccccc4c3)[C@@H]2O1. The highest BCUT2D eigenvalue weighted by molar-refractivity contribution is 14.1. The molecule has 8 heteroatoms. The fourth-order valence-electron chi connectivity index (χ4n) is 6.09. The van der Waals surface area contributed by atoms with E-state index in [4.69, 9.17) is 23.7 Å². The topological polar surface area (TPSA) is 69.9 Å². The minimum absolute atomic E-state index is 0.189. The van der Waals surface area contributed by atoms with Crippen molar-refractivity contribution < 1.29 is 23.7 Å². The first-order valence-corrected chi connectivity index (χ1v) is 17.6. The molecule has 47 heavy (non-hydrogen) atoms. The lowest BCUT2D eigenvalue weighted by atomic mass is 9.96. The van der Waals surface area contributed by atoms with Gasteiger partial charge in [0.25, 0.3) is 5.79 Å². The molecular weight excluding hydrogens is 721 g/mol. The molecule has 7 rings (SSSR count). The van der Waals surface area contributed by atoms with Gasteiger partial charge < -0.3 is 23.7 Å². The lowest BCUT2D eigenvalue weighted by Crippen LogP contribution is -2.66. The number of rotatable bonds is 10. The molecule has 0 bridgehead atoms. The van der Waals surface area contributed by atoms with Crippen molar-refractivity contribution in [3.8, 4) is 6.07 Å². The van der Waals surface area contributed by atoms with Crippen LogP contribution in [0.5, 0.6) is 0 Å². The van der Waals surface area contributed by atoms with Gasteiger partial charge in [-0.05, 0) is 74.3 Å². The average Bonchev–Trinajstić information content (AvgIpc) is 3.12. The van der Waals surface area contributed by atoms with Crippen molar-refractivity contribution >= 4 is 45.1 Å². The van der Waals surface area contributed by atoms with Crippen LogP contribution in [0.3, 0.4) is 0 Å². The van der Waals surface area contributed by atoms with Crippen LogP contribution in [0.15, 0.2) is 132 Å². The van der Waals surface area contributed by atoms with Crippen molar-refractivity contribution in [1.29, 1.82) is 5.26 Å². The highest BCUT2D eigenvalue weighted by Gasteiger charge is 2.55. The molecule has 0 saturated carbocycles. The van der Waals surface area contributed by atoms with Gasteiger partial charge in [-0.3, -0.25) is 0 Å². The van der Waals surface area contributed by atoms with Crippen LogP contribution in [0.1, 0.15) is 16.7 Å². The zero-order valence-corrected chi connectivity index (χ0v) is 28.6. The van der Waals surface area contributed by atoms with Crippen LogP contribution in [0.4, 0.5) is 0 Å². The molecule has 2 saturated heterocycles. The van der Waals surface area contributed by atoms with Gasteiger partial charge in [-0.25, -0.2) is 0 Å². The van der Waals surface area contributed by atoms with Crippen molar-refractivity contribution in [2.24, 2.45) is 0 Å². The summed E-state index contributed by atoms with van der Waals surface area (Å²) in [5.74, 6) is -1.50. The first-order valence-electron chi connectivity index (χ1n) is 15.7. The minimum atomic E-state index is -1.50. The molecule has 6 atom stereocenters. The van der Waals surface area contributed by atoms with Gasteiger partial charge in [-0.2, -0.15) is 5.26 Å². The van der Waals surface area contributed by atoms with Crippen molar-refractivity contribution in [2.75, 3.05) is 6.61 Å². The van der Waals surface area contributed by atoms with E-state index in [1.165, 1.54) is 5.39 Å². The van der Waals surface area contributed by atoms with Crippen molar-refractivity contribution in [2.45, 2.75) is 60.2 Å². The van der Waals surface area contributed by atoms with E-state index in [1.54, 1.807) is 11.8 Å². The number of halogens is 1. The smallest absolute Gasteiger partial charge is 0.264 e. The number of nitriles is 1. The number of ether oxygens (including phenoxy) is 5. The van der Waals surface area contributed by atoms with E-state index in [0.29, 0.717) is 13.2 Å². The van der Waals surface area contributed by atoms with Crippen LogP contribution in [0.25, 0.3) is 10.8 Å². The van der Waals surface area contributed by atoms with Gasteiger partial charge in [0.2, 0.25) is 0 Å². The molecule has 2 aliphatic heterocycles.